The molecule has 5 heteroatoms. The summed E-state index contributed by atoms with van der Waals surface area (Å²) in [6.45, 7) is 3.56. The molecule has 2 rings (SSSR count). The third-order valence-electron chi connectivity index (χ3n) is 2.99. The molecule has 0 saturated carbocycles. The van der Waals surface area contributed by atoms with Gasteiger partial charge in [0.05, 0.1) is 17.1 Å². The molecule has 0 aromatic heterocycles. The van der Waals surface area contributed by atoms with E-state index in [4.69, 9.17) is 4.74 Å². The minimum absolute atomic E-state index is 0.294. The second-order valence-electron chi connectivity index (χ2n) is 4.61. The molecule has 0 radical (unpaired) electrons. The summed E-state index contributed by atoms with van der Waals surface area (Å²) < 4.78 is 24.4. The van der Waals surface area contributed by atoms with Crippen molar-refractivity contribution in [1.82, 2.24) is 0 Å². The standard InChI is InChI=1S/C16H14BrFO3/c1-9-6-12(18)7-10(2)15(9)21-14-5-4-11(8-13(14)17)16(19)20-3/h4-8H,1-3H3. The molecule has 0 spiro atoms. The number of rotatable bonds is 3. The number of ether oxygens (including phenoxy) is 2. The van der Waals surface area contributed by atoms with E-state index in [1.165, 1.54) is 19.2 Å². The fourth-order valence-corrected chi connectivity index (χ4v) is 2.46. The van der Waals surface area contributed by atoms with E-state index in [1.807, 2.05) is 0 Å². The van der Waals surface area contributed by atoms with Gasteiger partial charge in [0.25, 0.3) is 0 Å². The summed E-state index contributed by atoms with van der Waals surface area (Å²) in [7, 11) is 1.33. The molecule has 0 fully saturated rings. The first-order valence-corrected chi connectivity index (χ1v) is 7.04. The molecule has 0 saturated heterocycles. The van der Waals surface area contributed by atoms with Gasteiger partial charge in [-0.3, -0.25) is 0 Å². The predicted octanol–water partition coefficient (Wildman–Crippen LogP) is 4.78. The number of carbonyl (C=O) groups excluding carboxylic acids is 1. The lowest BCUT2D eigenvalue weighted by Crippen LogP contribution is -2.01. The third-order valence-corrected chi connectivity index (χ3v) is 3.61. The molecule has 21 heavy (non-hydrogen) atoms. The van der Waals surface area contributed by atoms with Crippen LogP contribution in [0.25, 0.3) is 0 Å². The minimum atomic E-state index is -0.420. The zero-order valence-electron chi connectivity index (χ0n) is 11.9. The zero-order chi connectivity index (χ0) is 15.6. The Balaban J connectivity index is 2.35. The summed E-state index contributed by atoms with van der Waals surface area (Å²) in [5, 5.41) is 0. The van der Waals surface area contributed by atoms with Crippen molar-refractivity contribution >= 4 is 21.9 Å². The smallest absolute Gasteiger partial charge is 0.337 e. The van der Waals surface area contributed by atoms with Gasteiger partial charge in [-0.1, -0.05) is 0 Å². The molecule has 0 aliphatic carbocycles. The Morgan fingerprint density at radius 2 is 1.76 bits per heavy atom. The Hall–Kier alpha value is -1.88. The van der Waals surface area contributed by atoms with Gasteiger partial charge in [0.15, 0.2) is 0 Å². The first-order valence-electron chi connectivity index (χ1n) is 6.25. The first kappa shape index (κ1) is 15.5. The molecule has 110 valence electrons. The molecule has 0 bridgehead atoms. The SMILES string of the molecule is COC(=O)c1ccc(Oc2c(C)cc(F)cc2C)c(Br)c1. The largest absolute Gasteiger partial charge is 0.465 e. The average Bonchev–Trinajstić information content (AvgIpc) is 2.43. The number of aryl methyl sites for hydroxylation is 2. The van der Waals surface area contributed by atoms with Crippen molar-refractivity contribution in [1.29, 1.82) is 0 Å². The van der Waals surface area contributed by atoms with Crippen LogP contribution in [-0.4, -0.2) is 13.1 Å². The van der Waals surface area contributed by atoms with Gasteiger partial charge in [0, 0.05) is 0 Å². The Bertz CT molecular complexity index is 675. The Morgan fingerprint density at radius 3 is 2.29 bits per heavy atom. The maximum atomic E-state index is 13.3. The molecule has 3 nitrogen and oxygen atoms in total. The molecular formula is C16H14BrFO3. The van der Waals surface area contributed by atoms with Crippen LogP contribution in [0, 0.1) is 19.7 Å². The van der Waals surface area contributed by atoms with E-state index in [0.29, 0.717) is 32.7 Å². The summed E-state index contributed by atoms with van der Waals surface area (Å²) in [5.74, 6) is 0.428. The monoisotopic (exact) mass is 352 g/mol. The van der Waals surface area contributed by atoms with E-state index in [0.717, 1.165) is 0 Å². The lowest BCUT2D eigenvalue weighted by Gasteiger charge is -2.13. The second-order valence-corrected chi connectivity index (χ2v) is 5.46. The number of hydrogen-bond acceptors (Lipinski definition) is 3. The van der Waals surface area contributed by atoms with Gasteiger partial charge in [-0.25, -0.2) is 9.18 Å². The predicted molar refractivity (Wildman–Crippen MR) is 81.4 cm³/mol. The van der Waals surface area contributed by atoms with Gasteiger partial charge in [-0.05, 0) is 71.2 Å². The van der Waals surface area contributed by atoms with Crippen molar-refractivity contribution in [2.75, 3.05) is 7.11 Å². The molecule has 2 aromatic rings. The normalized spacial score (nSPS) is 10.3. The van der Waals surface area contributed by atoms with E-state index in [2.05, 4.69) is 20.7 Å². The number of carbonyl (C=O) groups is 1. The fraction of sp³-hybridized carbons (Fsp3) is 0.188. The minimum Gasteiger partial charge on any atom is -0.465 e. The van der Waals surface area contributed by atoms with Crippen molar-refractivity contribution in [3.8, 4) is 11.5 Å². The second kappa shape index (κ2) is 6.26. The van der Waals surface area contributed by atoms with E-state index in [-0.39, 0.29) is 5.82 Å². The Kier molecular flexibility index (Phi) is 4.63. The Morgan fingerprint density at radius 1 is 1.14 bits per heavy atom. The van der Waals surface area contributed by atoms with Crippen molar-refractivity contribution in [2.45, 2.75) is 13.8 Å². The van der Waals surface area contributed by atoms with Gasteiger partial charge >= 0.3 is 5.97 Å². The number of methoxy groups -OCH3 is 1. The van der Waals surface area contributed by atoms with E-state index < -0.39 is 5.97 Å². The molecule has 0 atom stereocenters. The lowest BCUT2D eigenvalue weighted by atomic mass is 10.1. The van der Waals surface area contributed by atoms with Crippen LogP contribution in [0.5, 0.6) is 11.5 Å². The van der Waals surface area contributed by atoms with Crippen LogP contribution >= 0.6 is 15.9 Å². The van der Waals surface area contributed by atoms with Gasteiger partial charge in [-0.2, -0.15) is 0 Å². The summed E-state index contributed by atoms with van der Waals surface area (Å²) in [6.07, 6.45) is 0. The number of hydrogen-bond donors (Lipinski definition) is 0. The molecule has 0 amide bonds. The van der Waals surface area contributed by atoms with Crippen LogP contribution < -0.4 is 4.74 Å². The average molecular weight is 353 g/mol. The van der Waals surface area contributed by atoms with Crippen molar-refractivity contribution in [3.63, 3.8) is 0 Å². The summed E-state index contributed by atoms with van der Waals surface area (Å²) >= 11 is 3.36. The van der Waals surface area contributed by atoms with Crippen LogP contribution in [0.3, 0.4) is 0 Å². The van der Waals surface area contributed by atoms with E-state index in [1.54, 1.807) is 32.0 Å². The molecule has 0 aliphatic heterocycles. The summed E-state index contributed by atoms with van der Waals surface area (Å²) in [5.41, 5.74) is 1.83. The van der Waals surface area contributed by atoms with Crippen LogP contribution in [0.15, 0.2) is 34.8 Å². The number of halogens is 2. The molecule has 2 aromatic carbocycles. The van der Waals surface area contributed by atoms with Crippen LogP contribution in [0.1, 0.15) is 21.5 Å². The highest BCUT2D eigenvalue weighted by atomic mass is 79.9. The van der Waals surface area contributed by atoms with Crippen molar-refractivity contribution < 1.29 is 18.7 Å². The zero-order valence-corrected chi connectivity index (χ0v) is 13.5. The highest BCUT2D eigenvalue weighted by molar-refractivity contribution is 9.10. The highest BCUT2D eigenvalue weighted by Crippen LogP contribution is 2.34. The van der Waals surface area contributed by atoms with E-state index >= 15 is 0 Å². The molecule has 0 N–H and O–H groups in total. The Labute approximate surface area is 130 Å². The molecule has 0 aliphatic rings. The highest BCUT2D eigenvalue weighted by Gasteiger charge is 2.12. The lowest BCUT2D eigenvalue weighted by molar-refractivity contribution is 0.0600. The fourth-order valence-electron chi connectivity index (χ4n) is 2.00. The van der Waals surface area contributed by atoms with Gasteiger partial charge in [0.1, 0.15) is 17.3 Å². The quantitative estimate of drug-likeness (QED) is 0.745. The van der Waals surface area contributed by atoms with Crippen molar-refractivity contribution in [3.05, 3.63) is 57.3 Å². The van der Waals surface area contributed by atoms with Gasteiger partial charge in [0.2, 0.25) is 0 Å². The number of esters is 1. The van der Waals surface area contributed by atoms with Crippen LogP contribution in [0.4, 0.5) is 4.39 Å². The topological polar surface area (TPSA) is 35.5 Å². The van der Waals surface area contributed by atoms with Crippen molar-refractivity contribution in [2.24, 2.45) is 0 Å². The summed E-state index contributed by atoms with van der Waals surface area (Å²) in [6, 6.07) is 7.73. The maximum Gasteiger partial charge on any atom is 0.337 e. The van der Waals surface area contributed by atoms with Gasteiger partial charge in [-0.15, -0.1) is 0 Å². The van der Waals surface area contributed by atoms with Gasteiger partial charge < -0.3 is 9.47 Å². The first-order chi connectivity index (χ1) is 9.92. The molecule has 0 unspecified atom stereocenters. The van der Waals surface area contributed by atoms with Crippen LogP contribution in [0.2, 0.25) is 0 Å². The van der Waals surface area contributed by atoms with E-state index in [9.17, 15) is 9.18 Å². The van der Waals surface area contributed by atoms with Crippen LogP contribution in [-0.2, 0) is 4.74 Å². The molecule has 0 heterocycles. The summed E-state index contributed by atoms with van der Waals surface area (Å²) in [4.78, 5) is 11.5. The number of benzene rings is 2. The molecular weight excluding hydrogens is 339 g/mol. The third kappa shape index (κ3) is 3.42. The maximum absolute atomic E-state index is 13.3.